The molecular weight excluding hydrogens is 377 g/mol. The Hall–Kier alpha value is -1.36. The van der Waals surface area contributed by atoms with Crippen LogP contribution in [0.25, 0.3) is 0 Å². The van der Waals surface area contributed by atoms with Crippen molar-refractivity contribution in [2.24, 2.45) is 0 Å². The van der Waals surface area contributed by atoms with E-state index in [2.05, 4.69) is 5.32 Å². The molecule has 2 aromatic carbocycles. The zero-order chi connectivity index (χ0) is 18.2. The van der Waals surface area contributed by atoms with E-state index in [0.29, 0.717) is 17.3 Å². The highest BCUT2D eigenvalue weighted by molar-refractivity contribution is 7.98. The summed E-state index contributed by atoms with van der Waals surface area (Å²) < 4.78 is 5.66. The number of aryl methyl sites for hydroxylation is 1. The molecule has 25 heavy (non-hydrogen) atoms. The molecule has 0 saturated carbocycles. The normalized spacial score (nSPS) is 11.8. The van der Waals surface area contributed by atoms with Gasteiger partial charge in [0.1, 0.15) is 5.75 Å². The molecule has 134 valence electrons. The Kier molecular flexibility index (Phi) is 7.94. The largest absolute Gasteiger partial charge is 0.481 e. The second kappa shape index (κ2) is 9.95. The lowest BCUT2D eigenvalue weighted by atomic mass is 10.2. The third-order valence-electron chi connectivity index (χ3n) is 3.54. The molecule has 0 unspecified atom stereocenters. The third-order valence-corrected chi connectivity index (χ3v) is 5.25. The van der Waals surface area contributed by atoms with Crippen molar-refractivity contribution in [3.8, 4) is 5.75 Å². The summed E-state index contributed by atoms with van der Waals surface area (Å²) in [5.41, 5.74) is 2.14. The first kappa shape index (κ1) is 20.0. The predicted octanol–water partition coefficient (Wildman–Crippen LogP) is 5.12. The Labute approximate surface area is 163 Å². The van der Waals surface area contributed by atoms with Gasteiger partial charge in [0.05, 0.1) is 0 Å². The number of nitrogens with one attached hydrogen (secondary N) is 1. The van der Waals surface area contributed by atoms with Crippen molar-refractivity contribution in [1.29, 1.82) is 0 Å². The lowest BCUT2D eigenvalue weighted by molar-refractivity contribution is -0.127. The number of amides is 1. The van der Waals surface area contributed by atoms with Crippen molar-refractivity contribution >= 4 is 40.9 Å². The fourth-order valence-electron chi connectivity index (χ4n) is 2.11. The molecule has 0 saturated heterocycles. The number of hydrogen-bond acceptors (Lipinski definition) is 3. The minimum atomic E-state index is -0.554. The van der Waals surface area contributed by atoms with E-state index in [9.17, 15) is 4.79 Å². The van der Waals surface area contributed by atoms with Crippen molar-refractivity contribution < 1.29 is 9.53 Å². The summed E-state index contributed by atoms with van der Waals surface area (Å²) in [6, 6.07) is 13.2. The van der Waals surface area contributed by atoms with Crippen LogP contribution in [-0.4, -0.2) is 24.3 Å². The lowest BCUT2D eigenvalue weighted by Crippen LogP contribution is -2.37. The number of halogens is 2. The Balaban J connectivity index is 1.67. The first-order chi connectivity index (χ1) is 12.0. The Morgan fingerprint density at radius 1 is 1.20 bits per heavy atom. The molecule has 2 aromatic rings. The molecule has 6 heteroatoms. The van der Waals surface area contributed by atoms with Gasteiger partial charge in [0.2, 0.25) is 0 Å². The Bertz CT molecular complexity index is 707. The minimum Gasteiger partial charge on any atom is -0.481 e. The van der Waals surface area contributed by atoms with Gasteiger partial charge < -0.3 is 10.1 Å². The number of thioether (sulfide) groups is 1. The van der Waals surface area contributed by atoms with E-state index in [4.69, 9.17) is 27.9 Å². The van der Waals surface area contributed by atoms with Crippen molar-refractivity contribution in [3.63, 3.8) is 0 Å². The summed E-state index contributed by atoms with van der Waals surface area (Å²) in [6.07, 6.45) is -0.554. The van der Waals surface area contributed by atoms with Crippen molar-refractivity contribution in [2.75, 3.05) is 12.3 Å². The van der Waals surface area contributed by atoms with Gasteiger partial charge in [-0.25, -0.2) is 0 Å². The van der Waals surface area contributed by atoms with Gasteiger partial charge in [-0.05, 0) is 55.3 Å². The molecule has 0 aliphatic rings. The number of rotatable bonds is 8. The highest BCUT2D eigenvalue weighted by atomic mass is 35.5. The quantitative estimate of drug-likeness (QED) is 0.628. The molecule has 0 aromatic heterocycles. The number of carbonyl (C=O) groups is 1. The standard InChI is InChI=1S/C19H21Cl2NO2S/c1-13-11-17(7-8-18(13)21)24-14(2)19(23)22-9-10-25-12-15-3-5-16(20)6-4-15/h3-8,11,14H,9-10,12H2,1-2H3,(H,22,23)/t14-/m0/s1. The molecule has 1 atom stereocenters. The molecule has 0 radical (unpaired) electrons. The molecule has 0 aliphatic carbocycles. The van der Waals surface area contributed by atoms with Crippen molar-refractivity contribution in [1.82, 2.24) is 5.32 Å². The molecule has 0 aliphatic heterocycles. The van der Waals surface area contributed by atoms with E-state index in [1.54, 1.807) is 30.8 Å². The van der Waals surface area contributed by atoms with Crippen LogP contribution < -0.4 is 10.1 Å². The maximum atomic E-state index is 12.1. The van der Waals surface area contributed by atoms with Crippen LogP contribution in [0.5, 0.6) is 5.75 Å². The predicted molar refractivity (Wildman–Crippen MR) is 107 cm³/mol. The number of carbonyl (C=O) groups excluding carboxylic acids is 1. The van der Waals surface area contributed by atoms with Gasteiger partial charge in [0.15, 0.2) is 6.10 Å². The molecule has 0 spiro atoms. The zero-order valence-corrected chi connectivity index (χ0v) is 16.5. The van der Waals surface area contributed by atoms with E-state index in [1.807, 2.05) is 37.3 Å². The smallest absolute Gasteiger partial charge is 0.260 e. The minimum absolute atomic E-state index is 0.125. The van der Waals surface area contributed by atoms with Gasteiger partial charge in [-0.3, -0.25) is 4.79 Å². The fourth-order valence-corrected chi connectivity index (χ4v) is 3.17. The SMILES string of the molecule is Cc1cc(O[C@@H](C)C(=O)NCCSCc2ccc(Cl)cc2)ccc1Cl. The van der Waals surface area contributed by atoms with Gasteiger partial charge in [0, 0.05) is 28.1 Å². The summed E-state index contributed by atoms with van der Waals surface area (Å²) in [4.78, 5) is 12.1. The summed E-state index contributed by atoms with van der Waals surface area (Å²) in [5.74, 6) is 2.24. The monoisotopic (exact) mass is 397 g/mol. The van der Waals surface area contributed by atoms with Gasteiger partial charge in [-0.2, -0.15) is 11.8 Å². The van der Waals surface area contributed by atoms with Crippen LogP contribution in [0.15, 0.2) is 42.5 Å². The highest BCUT2D eigenvalue weighted by Gasteiger charge is 2.14. The van der Waals surface area contributed by atoms with Crippen LogP contribution in [0.3, 0.4) is 0 Å². The summed E-state index contributed by atoms with van der Waals surface area (Å²) in [6.45, 7) is 4.24. The fraction of sp³-hybridized carbons (Fsp3) is 0.316. The van der Waals surface area contributed by atoms with Crippen LogP contribution in [0.1, 0.15) is 18.1 Å². The van der Waals surface area contributed by atoms with E-state index in [0.717, 1.165) is 22.1 Å². The Morgan fingerprint density at radius 2 is 1.92 bits per heavy atom. The molecule has 1 amide bonds. The molecular formula is C19H21Cl2NO2S. The summed E-state index contributed by atoms with van der Waals surface area (Å²) in [7, 11) is 0. The van der Waals surface area contributed by atoms with E-state index in [1.165, 1.54) is 5.56 Å². The van der Waals surface area contributed by atoms with Crippen LogP contribution in [-0.2, 0) is 10.5 Å². The molecule has 0 heterocycles. The molecule has 1 N–H and O–H groups in total. The van der Waals surface area contributed by atoms with Gasteiger partial charge in [0.25, 0.3) is 5.91 Å². The maximum Gasteiger partial charge on any atom is 0.260 e. The van der Waals surface area contributed by atoms with Crippen molar-refractivity contribution in [2.45, 2.75) is 25.7 Å². The van der Waals surface area contributed by atoms with Crippen LogP contribution in [0.2, 0.25) is 10.0 Å². The average molecular weight is 398 g/mol. The van der Waals surface area contributed by atoms with E-state index in [-0.39, 0.29) is 5.91 Å². The number of hydrogen-bond donors (Lipinski definition) is 1. The average Bonchev–Trinajstić information content (AvgIpc) is 2.59. The molecule has 0 bridgehead atoms. The lowest BCUT2D eigenvalue weighted by Gasteiger charge is -2.15. The van der Waals surface area contributed by atoms with Gasteiger partial charge >= 0.3 is 0 Å². The van der Waals surface area contributed by atoms with Gasteiger partial charge in [-0.15, -0.1) is 0 Å². The molecule has 3 nitrogen and oxygen atoms in total. The highest BCUT2D eigenvalue weighted by Crippen LogP contribution is 2.22. The zero-order valence-electron chi connectivity index (χ0n) is 14.2. The summed E-state index contributed by atoms with van der Waals surface area (Å²) >= 11 is 13.6. The second-order valence-corrected chi connectivity index (χ2v) is 7.59. The Morgan fingerprint density at radius 3 is 2.60 bits per heavy atom. The third kappa shape index (κ3) is 6.81. The van der Waals surface area contributed by atoms with E-state index >= 15 is 0 Å². The molecule has 0 fully saturated rings. The maximum absolute atomic E-state index is 12.1. The number of ether oxygens (including phenoxy) is 1. The van der Waals surface area contributed by atoms with E-state index < -0.39 is 6.10 Å². The second-order valence-electron chi connectivity index (χ2n) is 5.64. The topological polar surface area (TPSA) is 38.3 Å². The van der Waals surface area contributed by atoms with Crippen LogP contribution in [0, 0.1) is 6.92 Å². The first-order valence-corrected chi connectivity index (χ1v) is 9.89. The van der Waals surface area contributed by atoms with Crippen LogP contribution >= 0.6 is 35.0 Å². The molecule has 2 rings (SSSR count). The summed E-state index contributed by atoms with van der Waals surface area (Å²) in [5, 5.41) is 4.32. The van der Waals surface area contributed by atoms with Gasteiger partial charge in [-0.1, -0.05) is 35.3 Å². The number of benzene rings is 2. The first-order valence-electron chi connectivity index (χ1n) is 7.98. The van der Waals surface area contributed by atoms with Crippen molar-refractivity contribution in [3.05, 3.63) is 63.6 Å². The van der Waals surface area contributed by atoms with Crippen LogP contribution in [0.4, 0.5) is 0 Å².